The largest absolute Gasteiger partial charge is 0.297 e. The molecule has 1 fully saturated rings. The summed E-state index contributed by atoms with van der Waals surface area (Å²) in [5, 5.41) is 3.92. The predicted octanol–water partition coefficient (Wildman–Crippen LogP) is 4.40. The van der Waals surface area contributed by atoms with Crippen molar-refractivity contribution in [1.29, 1.82) is 0 Å². The summed E-state index contributed by atoms with van der Waals surface area (Å²) in [6.07, 6.45) is 1.03. The van der Waals surface area contributed by atoms with Crippen molar-refractivity contribution in [3.05, 3.63) is 93.2 Å². The number of Topliss-reactive ketones (excluding diaryl/α,β-unsaturated/α-hetero) is 2. The second-order valence-corrected chi connectivity index (χ2v) is 9.09. The number of carbonyl (C=O) groups is 2. The number of rotatable bonds is 5. The van der Waals surface area contributed by atoms with Gasteiger partial charge in [0.2, 0.25) is 0 Å². The summed E-state index contributed by atoms with van der Waals surface area (Å²) in [4.78, 5) is 32.0. The summed E-state index contributed by atoms with van der Waals surface area (Å²) >= 11 is 1.54. The van der Waals surface area contributed by atoms with Crippen LogP contribution in [0.4, 0.5) is 0 Å². The van der Waals surface area contributed by atoms with Crippen LogP contribution < -0.4 is 0 Å². The Morgan fingerprint density at radius 3 is 2.03 bits per heavy atom. The molecular formula is C26H26N2O2S. The zero-order valence-electron chi connectivity index (χ0n) is 17.7. The fourth-order valence-electron chi connectivity index (χ4n) is 5.11. The highest BCUT2D eigenvalue weighted by Crippen LogP contribution is 2.43. The molecule has 1 aliphatic heterocycles. The number of hydrogen-bond acceptors (Lipinski definition) is 5. The highest BCUT2D eigenvalue weighted by Gasteiger charge is 2.58. The molecule has 3 aromatic rings. The smallest absolute Gasteiger partial charge is 0.196 e. The van der Waals surface area contributed by atoms with Gasteiger partial charge in [0.1, 0.15) is 0 Å². The number of nitrogens with zero attached hydrogens (tertiary/aromatic N) is 2. The van der Waals surface area contributed by atoms with E-state index in [1.807, 2.05) is 29.0 Å². The van der Waals surface area contributed by atoms with E-state index in [4.69, 9.17) is 0 Å². The molecule has 0 saturated carbocycles. The quantitative estimate of drug-likeness (QED) is 0.563. The van der Waals surface area contributed by atoms with Crippen molar-refractivity contribution < 1.29 is 9.59 Å². The number of thiophene rings is 1. The van der Waals surface area contributed by atoms with Crippen LogP contribution in [0.1, 0.15) is 44.3 Å². The molecule has 31 heavy (non-hydrogen) atoms. The Bertz CT molecular complexity index is 1080. The van der Waals surface area contributed by atoms with Crippen molar-refractivity contribution >= 4 is 22.9 Å². The van der Waals surface area contributed by atoms with E-state index >= 15 is 0 Å². The van der Waals surface area contributed by atoms with Gasteiger partial charge in [-0.05, 0) is 39.9 Å². The van der Waals surface area contributed by atoms with Gasteiger partial charge < -0.3 is 0 Å². The Labute approximate surface area is 187 Å². The average molecular weight is 431 g/mol. The van der Waals surface area contributed by atoms with Crippen LogP contribution in [0.15, 0.2) is 65.4 Å². The normalized spacial score (nSPS) is 19.0. The summed E-state index contributed by atoms with van der Waals surface area (Å²) in [5.74, 6) is -0.146. The third-order valence-electron chi connectivity index (χ3n) is 6.75. The minimum Gasteiger partial charge on any atom is -0.297 e. The van der Waals surface area contributed by atoms with Crippen molar-refractivity contribution in [1.82, 2.24) is 9.80 Å². The Hall–Kier alpha value is -2.60. The molecule has 0 N–H and O–H groups in total. The Morgan fingerprint density at radius 2 is 1.45 bits per heavy atom. The third kappa shape index (κ3) is 3.19. The molecule has 1 aromatic heterocycles. The standard InChI is InChI=1S/C26H26N2O2S/c1-2-19-7-3-4-8-20(19)17-27-12-14-28(15-13-27)26(21-11-16-31-18-21)24(29)22-9-5-6-10-23(22)25(26)30/h3-11,16,18H,2,12-15,17H2,1H3. The van der Waals surface area contributed by atoms with Crippen LogP contribution in [0.25, 0.3) is 0 Å². The summed E-state index contributed by atoms with van der Waals surface area (Å²) in [7, 11) is 0. The molecule has 2 heterocycles. The molecule has 0 amide bonds. The van der Waals surface area contributed by atoms with Gasteiger partial charge in [-0.3, -0.25) is 19.4 Å². The SMILES string of the molecule is CCc1ccccc1CN1CCN(C2(c3ccsc3)C(=O)c3ccccc3C2=O)CC1. The van der Waals surface area contributed by atoms with Crippen molar-refractivity contribution in [3.63, 3.8) is 0 Å². The lowest BCUT2D eigenvalue weighted by Crippen LogP contribution is -2.60. The molecule has 5 rings (SSSR count). The number of hydrogen-bond donors (Lipinski definition) is 0. The first-order valence-corrected chi connectivity index (χ1v) is 11.9. The van der Waals surface area contributed by atoms with Gasteiger partial charge in [-0.1, -0.05) is 55.5 Å². The van der Waals surface area contributed by atoms with Crippen molar-refractivity contribution in [2.24, 2.45) is 0 Å². The number of aryl methyl sites for hydroxylation is 1. The number of ketones is 2. The second kappa shape index (κ2) is 8.15. The second-order valence-electron chi connectivity index (χ2n) is 8.31. The van der Waals surface area contributed by atoms with Crippen LogP contribution in [0.3, 0.4) is 0 Å². The summed E-state index contributed by atoms with van der Waals surface area (Å²) in [6, 6.07) is 17.8. The van der Waals surface area contributed by atoms with Gasteiger partial charge >= 0.3 is 0 Å². The van der Waals surface area contributed by atoms with Crippen molar-refractivity contribution in [2.75, 3.05) is 26.2 Å². The lowest BCUT2D eigenvalue weighted by atomic mass is 9.84. The Morgan fingerprint density at radius 1 is 0.839 bits per heavy atom. The first kappa shape index (κ1) is 20.3. The molecular weight excluding hydrogens is 404 g/mol. The average Bonchev–Trinajstić information content (AvgIpc) is 3.42. The first-order valence-electron chi connectivity index (χ1n) is 10.9. The number of fused-ring (bicyclic) bond motifs is 1. The minimum absolute atomic E-state index is 0.0729. The molecule has 158 valence electrons. The van der Waals surface area contributed by atoms with Crippen LogP contribution in [-0.4, -0.2) is 47.5 Å². The molecule has 5 heteroatoms. The summed E-state index contributed by atoms with van der Waals surface area (Å²) in [5.41, 5.74) is 3.46. The zero-order chi connectivity index (χ0) is 21.4. The highest BCUT2D eigenvalue weighted by molar-refractivity contribution is 7.08. The number of benzene rings is 2. The van der Waals surface area contributed by atoms with E-state index in [1.54, 1.807) is 12.1 Å². The van der Waals surface area contributed by atoms with Gasteiger partial charge in [-0.15, -0.1) is 0 Å². The highest BCUT2D eigenvalue weighted by atomic mass is 32.1. The molecule has 0 radical (unpaired) electrons. The first-order chi connectivity index (χ1) is 15.2. The van der Waals surface area contributed by atoms with Gasteiger partial charge in [0, 0.05) is 43.9 Å². The van der Waals surface area contributed by atoms with E-state index in [9.17, 15) is 9.59 Å². The molecule has 0 bridgehead atoms. The van der Waals surface area contributed by atoms with E-state index in [0.29, 0.717) is 24.2 Å². The molecule has 4 nitrogen and oxygen atoms in total. The van der Waals surface area contributed by atoms with E-state index < -0.39 is 5.54 Å². The van der Waals surface area contributed by atoms with Crippen LogP contribution in [0.5, 0.6) is 0 Å². The Kier molecular flexibility index (Phi) is 5.34. The van der Waals surface area contributed by atoms with Crippen molar-refractivity contribution in [2.45, 2.75) is 25.4 Å². The molecule has 2 aromatic carbocycles. The third-order valence-corrected chi connectivity index (χ3v) is 7.44. The molecule has 1 saturated heterocycles. The zero-order valence-corrected chi connectivity index (χ0v) is 18.5. The van der Waals surface area contributed by atoms with Gasteiger partial charge in [0.05, 0.1) is 0 Å². The van der Waals surface area contributed by atoms with Gasteiger partial charge in [-0.2, -0.15) is 11.3 Å². The van der Waals surface area contributed by atoms with E-state index in [-0.39, 0.29) is 11.6 Å². The molecule has 0 unspecified atom stereocenters. The van der Waals surface area contributed by atoms with Crippen LogP contribution >= 0.6 is 11.3 Å². The van der Waals surface area contributed by atoms with Gasteiger partial charge in [-0.25, -0.2) is 0 Å². The van der Waals surface area contributed by atoms with E-state index in [2.05, 4.69) is 41.0 Å². The topological polar surface area (TPSA) is 40.6 Å². The van der Waals surface area contributed by atoms with Gasteiger partial charge in [0.25, 0.3) is 0 Å². The van der Waals surface area contributed by atoms with E-state index in [0.717, 1.165) is 31.6 Å². The van der Waals surface area contributed by atoms with E-state index in [1.165, 1.54) is 22.5 Å². The predicted molar refractivity (Wildman–Crippen MR) is 124 cm³/mol. The van der Waals surface area contributed by atoms with Crippen LogP contribution in [0.2, 0.25) is 0 Å². The molecule has 0 atom stereocenters. The lowest BCUT2D eigenvalue weighted by molar-refractivity contribution is 0.0280. The maximum atomic E-state index is 13.7. The Balaban J connectivity index is 1.42. The lowest BCUT2D eigenvalue weighted by Gasteiger charge is -2.43. The summed E-state index contributed by atoms with van der Waals surface area (Å²) in [6.45, 7) is 6.15. The molecule has 2 aliphatic rings. The maximum absolute atomic E-state index is 13.7. The maximum Gasteiger partial charge on any atom is 0.196 e. The number of piperazine rings is 1. The van der Waals surface area contributed by atoms with Crippen LogP contribution in [0, 0.1) is 0 Å². The van der Waals surface area contributed by atoms with Gasteiger partial charge in [0.15, 0.2) is 17.1 Å². The monoisotopic (exact) mass is 430 g/mol. The minimum atomic E-state index is -1.21. The molecule has 0 spiro atoms. The number of carbonyl (C=O) groups excluding carboxylic acids is 2. The summed E-state index contributed by atoms with van der Waals surface area (Å²) < 4.78 is 0. The fraction of sp³-hybridized carbons (Fsp3) is 0.308. The van der Waals surface area contributed by atoms with Crippen LogP contribution in [-0.2, 0) is 18.5 Å². The molecule has 1 aliphatic carbocycles. The fourth-order valence-corrected chi connectivity index (χ4v) is 5.81. The van der Waals surface area contributed by atoms with Crippen molar-refractivity contribution in [3.8, 4) is 0 Å².